The van der Waals surface area contributed by atoms with Crippen molar-refractivity contribution in [3.8, 4) is 0 Å². The van der Waals surface area contributed by atoms with E-state index in [9.17, 15) is 14.4 Å². The summed E-state index contributed by atoms with van der Waals surface area (Å²) in [5.41, 5.74) is 0. The third-order valence-corrected chi connectivity index (χ3v) is 12.9. The molecule has 60 heavy (non-hydrogen) atoms. The number of esters is 3. The molecular weight excluding hydrogens is 745 g/mol. The first-order valence-electron chi connectivity index (χ1n) is 26.7. The van der Waals surface area contributed by atoms with Gasteiger partial charge in [-0.2, -0.15) is 0 Å². The van der Waals surface area contributed by atoms with Crippen LogP contribution in [0.25, 0.3) is 0 Å². The Morgan fingerprint density at radius 2 is 0.583 bits per heavy atom. The van der Waals surface area contributed by atoms with Gasteiger partial charge in [-0.05, 0) is 37.0 Å². The van der Waals surface area contributed by atoms with Crippen molar-refractivity contribution in [1.82, 2.24) is 0 Å². The number of rotatable bonds is 47. The maximum absolute atomic E-state index is 12.8. The second-order valence-electron chi connectivity index (χ2n) is 19.5. The fourth-order valence-electron chi connectivity index (χ4n) is 8.05. The van der Waals surface area contributed by atoms with Crippen LogP contribution in [0.4, 0.5) is 0 Å². The number of ether oxygens (including phenoxy) is 3. The highest BCUT2D eigenvalue weighted by Crippen LogP contribution is 2.18. The zero-order valence-electron chi connectivity index (χ0n) is 41.3. The lowest BCUT2D eigenvalue weighted by atomic mass is 9.99. The maximum atomic E-state index is 12.8. The summed E-state index contributed by atoms with van der Waals surface area (Å²) in [7, 11) is 0. The number of unbranched alkanes of at least 4 members (excludes halogenated alkanes) is 28. The highest BCUT2D eigenvalue weighted by Gasteiger charge is 2.19. The molecule has 2 unspecified atom stereocenters. The van der Waals surface area contributed by atoms with Crippen LogP contribution in [0.3, 0.4) is 0 Å². The van der Waals surface area contributed by atoms with Crippen LogP contribution in [0, 0.1) is 17.8 Å². The lowest BCUT2D eigenvalue weighted by Gasteiger charge is -2.18. The Hall–Kier alpha value is -1.59. The van der Waals surface area contributed by atoms with Crippen molar-refractivity contribution < 1.29 is 28.6 Å². The molecule has 3 atom stereocenters. The van der Waals surface area contributed by atoms with Crippen LogP contribution in [-0.2, 0) is 28.6 Å². The molecule has 0 heterocycles. The molecule has 0 rings (SSSR count). The van der Waals surface area contributed by atoms with Gasteiger partial charge < -0.3 is 14.2 Å². The van der Waals surface area contributed by atoms with Crippen LogP contribution in [0.5, 0.6) is 0 Å². The molecule has 0 N–H and O–H groups in total. The highest BCUT2D eigenvalue weighted by molar-refractivity contribution is 5.71. The van der Waals surface area contributed by atoms with Crippen molar-refractivity contribution in [2.24, 2.45) is 17.8 Å². The Morgan fingerprint density at radius 1 is 0.333 bits per heavy atom. The Kier molecular flexibility index (Phi) is 44.2. The van der Waals surface area contributed by atoms with Gasteiger partial charge in [0.2, 0.25) is 0 Å². The predicted octanol–water partition coefficient (Wildman–Crippen LogP) is 17.2. The summed E-state index contributed by atoms with van der Waals surface area (Å²) >= 11 is 0. The van der Waals surface area contributed by atoms with Crippen LogP contribution < -0.4 is 0 Å². The van der Waals surface area contributed by atoms with Gasteiger partial charge in [0.1, 0.15) is 13.2 Å². The normalized spacial score (nSPS) is 13.1. The molecule has 0 aromatic rings. The van der Waals surface area contributed by atoms with E-state index in [-0.39, 0.29) is 31.1 Å². The van der Waals surface area contributed by atoms with Crippen molar-refractivity contribution in [1.29, 1.82) is 0 Å². The number of carbonyl (C=O) groups is 3. The maximum Gasteiger partial charge on any atom is 0.306 e. The van der Waals surface area contributed by atoms with E-state index in [4.69, 9.17) is 14.2 Å². The molecule has 0 aliphatic heterocycles. The summed E-state index contributed by atoms with van der Waals surface area (Å²) in [5, 5.41) is 0. The first kappa shape index (κ1) is 58.4. The summed E-state index contributed by atoms with van der Waals surface area (Å²) in [5.74, 6) is 1.70. The minimum atomic E-state index is -0.763. The largest absolute Gasteiger partial charge is 0.462 e. The van der Waals surface area contributed by atoms with Gasteiger partial charge in [-0.3, -0.25) is 14.4 Å². The van der Waals surface area contributed by atoms with Gasteiger partial charge in [-0.1, -0.05) is 253 Å². The summed E-state index contributed by atoms with van der Waals surface area (Å²) < 4.78 is 16.8. The smallest absolute Gasteiger partial charge is 0.306 e. The van der Waals surface area contributed by atoms with Gasteiger partial charge >= 0.3 is 17.9 Å². The zero-order valence-corrected chi connectivity index (χ0v) is 41.3. The minimum absolute atomic E-state index is 0.0648. The third kappa shape index (κ3) is 44.5. The first-order chi connectivity index (χ1) is 29.2. The molecule has 0 aromatic heterocycles. The Morgan fingerprint density at radius 3 is 0.867 bits per heavy atom. The molecular formula is C54H104O6. The van der Waals surface area contributed by atoms with Crippen molar-refractivity contribution >= 4 is 17.9 Å². The average Bonchev–Trinajstić information content (AvgIpc) is 3.23. The van der Waals surface area contributed by atoms with Gasteiger partial charge in [-0.15, -0.1) is 0 Å². The molecule has 0 aliphatic carbocycles. The fourth-order valence-corrected chi connectivity index (χ4v) is 8.05. The van der Waals surface area contributed by atoms with Gasteiger partial charge in [0.15, 0.2) is 6.10 Å². The van der Waals surface area contributed by atoms with Crippen LogP contribution in [-0.4, -0.2) is 37.2 Å². The first-order valence-corrected chi connectivity index (χ1v) is 26.7. The molecule has 6 heteroatoms. The molecule has 0 radical (unpaired) electrons. The molecule has 0 aromatic carbocycles. The third-order valence-electron chi connectivity index (χ3n) is 12.9. The van der Waals surface area contributed by atoms with E-state index in [1.807, 2.05) is 0 Å². The minimum Gasteiger partial charge on any atom is -0.462 e. The van der Waals surface area contributed by atoms with Crippen LogP contribution in [0.1, 0.15) is 292 Å². The molecule has 0 spiro atoms. The number of carbonyl (C=O) groups excluding carboxylic acids is 3. The zero-order chi connectivity index (χ0) is 44.2. The van der Waals surface area contributed by atoms with E-state index in [0.29, 0.717) is 19.3 Å². The second-order valence-corrected chi connectivity index (χ2v) is 19.5. The van der Waals surface area contributed by atoms with E-state index < -0.39 is 6.10 Å². The number of hydrogen-bond acceptors (Lipinski definition) is 6. The summed E-state index contributed by atoms with van der Waals surface area (Å²) in [6.07, 6.45) is 45.0. The monoisotopic (exact) mass is 849 g/mol. The average molecular weight is 849 g/mol. The van der Waals surface area contributed by atoms with E-state index in [1.165, 1.54) is 173 Å². The van der Waals surface area contributed by atoms with Gasteiger partial charge in [0.05, 0.1) is 0 Å². The highest BCUT2D eigenvalue weighted by atomic mass is 16.6. The number of hydrogen-bond donors (Lipinski definition) is 0. The predicted molar refractivity (Wildman–Crippen MR) is 256 cm³/mol. The van der Waals surface area contributed by atoms with Crippen LogP contribution >= 0.6 is 0 Å². The molecule has 0 fully saturated rings. The van der Waals surface area contributed by atoms with Crippen molar-refractivity contribution in [2.45, 2.75) is 298 Å². The standard InChI is InChI=1S/C54H104O6/c1-7-49(5)41-35-29-23-17-14-15-18-25-31-37-43-52(55)58-46-51(47-59-53(56)44-38-32-26-21-20-24-30-36-42-50(6)8-2)60-54(57)45-39-33-27-19-13-11-9-10-12-16-22-28-34-40-48(3)4/h48-51H,7-47H2,1-6H3/t49?,50?,51-/m0/s1. The van der Waals surface area contributed by atoms with Crippen molar-refractivity contribution in [3.63, 3.8) is 0 Å². The van der Waals surface area contributed by atoms with Gasteiger partial charge in [0, 0.05) is 19.3 Å². The molecule has 0 aliphatic rings. The summed E-state index contributed by atoms with van der Waals surface area (Å²) in [4.78, 5) is 38.0. The van der Waals surface area contributed by atoms with Crippen molar-refractivity contribution in [3.05, 3.63) is 0 Å². The Bertz CT molecular complexity index is 933. The lowest BCUT2D eigenvalue weighted by Crippen LogP contribution is -2.30. The van der Waals surface area contributed by atoms with Crippen LogP contribution in [0.2, 0.25) is 0 Å². The Balaban J connectivity index is 4.33. The molecule has 6 nitrogen and oxygen atoms in total. The second kappa shape index (κ2) is 45.4. The molecule has 0 saturated heterocycles. The summed E-state index contributed by atoms with van der Waals surface area (Å²) in [6.45, 7) is 13.8. The Labute approximate surface area is 374 Å². The fraction of sp³-hybridized carbons (Fsp3) is 0.944. The molecule has 0 amide bonds. The molecule has 356 valence electrons. The van der Waals surface area contributed by atoms with Gasteiger partial charge in [-0.25, -0.2) is 0 Å². The van der Waals surface area contributed by atoms with E-state index >= 15 is 0 Å². The lowest BCUT2D eigenvalue weighted by molar-refractivity contribution is -0.167. The quantitative estimate of drug-likeness (QED) is 0.0345. The van der Waals surface area contributed by atoms with Crippen LogP contribution in [0.15, 0.2) is 0 Å². The van der Waals surface area contributed by atoms with Crippen molar-refractivity contribution in [2.75, 3.05) is 13.2 Å². The van der Waals surface area contributed by atoms with Gasteiger partial charge in [0.25, 0.3) is 0 Å². The topological polar surface area (TPSA) is 78.9 Å². The summed E-state index contributed by atoms with van der Waals surface area (Å²) in [6, 6.07) is 0. The SMILES string of the molecule is CCC(C)CCCCCCCCCCCCC(=O)OC[C@@H](COC(=O)CCCCCCCCCCC(C)CC)OC(=O)CCCCCCCCCCCCCCCC(C)C. The van der Waals surface area contributed by atoms with E-state index in [0.717, 1.165) is 75.5 Å². The molecule has 0 bridgehead atoms. The molecule has 0 saturated carbocycles. The van der Waals surface area contributed by atoms with E-state index in [1.54, 1.807) is 0 Å². The van der Waals surface area contributed by atoms with E-state index in [2.05, 4.69) is 41.5 Å².